The standard InChI is InChI=1S/C15H20FN3O2.2ClH/c1-2-21-15(20)13(16)8-11-5-6-14(18-9-11)19-12-4-3-7-17-10-12;;/h5-6,8-9,12,17H,2-4,7,10H2,1H3,(H,18,19);2*1H/b13-8-;;/t12-;;/m1../s1. The molecule has 0 aromatic carbocycles. The Hall–Kier alpha value is -1.37. The van der Waals surface area contributed by atoms with Crippen LogP contribution in [0.5, 0.6) is 0 Å². The van der Waals surface area contributed by atoms with E-state index in [1.807, 2.05) is 0 Å². The van der Waals surface area contributed by atoms with Gasteiger partial charge in [0.15, 0.2) is 0 Å². The fraction of sp³-hybridized carbons (Fsp3) is 0.467. The van der Waals surface area contributed by atoms with Gasteiger partial charge < -0.3 is 15.4 Å². The van der Waals surface area contributed by atoms with E-state index in [9.17, 15) is 9.18 Å². The number of halogens is 3. The molecule has 0 saturated carbocycles. The van der Waals surface area contributed by atoms with Gasteiger partial charge in [-0.1, -0.05) is 0 Å². The maximum absolute atomic E-state index is 13.5. The summed E-state index contributed by atoms with van der Waals surface area (Å²) in [6.45, 7) is 3.76. The minimum Gasteiger partial charge on any atom is -0.461 e. The molecule has 130 valence electrons. The Labute approximate surface area is 147 Å². The van der Waals surface area contributed by atoms with Crippen LogP contribution in [0.1, 0.15) is 25.3 Å². The molecule has 0 radical (unpaired) electrons. The maximum atomic E-state index is 13.5. The number of nitrogens with zero attached hydrogens (tertiary/aromatic N) is 1. The number of esters is 1. The number of carbonyl (C=O) groups excluding carboxylic acids is 1. The maximum Gasteiger partial charge on any atom is 0.367 e. The third-order valence-corrected chi connectivity index (χ3v) is 3.20. The normalized spacial score (nSPS) is 17.5. The van der Waals surface area contributed by atoms with Gasteiger partial charge in [-0.15, -0.1) is 24.8 Å². The molecule has 1 saturated heterocycles. The first-order valence-corrected chi connectivity index (χ1v) is 7.16. The van der Waals surface area contributed by atoms with Crippen molar-refractivity contribution < 1.29 is 13.9 Å². The van der Waals surface area contributed by atoms with Gasteiger partial charge in [0.25, 0.3) is 0 Å². The molecule has 2 N–H and O–H groups in total. The minimum atomic E-state index is -0.951. The summed E-state index contributed by atoms with van der Waals surface area (Å²) in [4.78, 5) is 15.4. The summed E-state index contributed by atoms with van der Waals surface area (Å²) in [6.07, 6.45) is 4.89. The van der Waals surface area contributed by atoms with Crippen molar-refractivity contribution in [2.75, 3.05) is 25.0 Å². The minimum absolute atomic E-state index is 0. The van der Waals surface area contributed by atoms with Crippen LogP contribution in [0.15, 0.2) is 24.2 Å². The van der Waals surface area contributed by atoms with Gasteiger partial charge in [-0.05, 0) is 50.1 Å². The summed E-state index contributed by atoms with van der Waals surface area (Å²) in [6, 6.07) is 3.85. The lowest BCUT2D eigenvalue weighted by atomic mass is 10.1. The van der Waals surface area contributed by atoms with E-state index in [1.54, 1.807) is 19.1 Å². The summed E-state index contributed by atoms with van der Waals surface area (Å²) in [5.41, 5.74) is 0.521. The topological polar surface area (TPSA) is 63.2 Å². The molecule has 1 atom stereocenters. The summed E-state index contributed by atoms with van der Waals surface area (Å²) < 4.78 is 18.1. The van der Waals surface area contributed by atoms with Gasteiger partial charge in [-0.2, -0.15) is 4.39 Å². The zero-order valence-corrected chi connectivity index (χ0v) is 14.5. The summed E-state index contributed by atoms with van der Waals surface area (Å²) in [5, 5.41) is 6.64. The first kappa shape index (κ1) is 21.6. The summed E-state index contributed by atoms with van der Waals surface area (Å²) >= 11 is 0. The number of pyridine rings is 1. The number of hydrogen-bond acceptors (Lipinski definition) is 5. The van der Waals surface area contributed by atoms with E-state index in [4.69, 9.17) is 0 Å². The zero-order valence-electron chi connectivity index (χ0n) is 12.9. The number of aromatic nitrogens is 1. The Morgan fingerprint density at radius 1 is 1.52 bits per heavy atom. The van der Waals surface area contributed by atoms with Crippen LogP contribution < -0.4 is 10.6 Å². The van der Waals surface area contributed by atoms with Crippen LogP contribution in [0.4, 0.5) is 10.2 Å². The highest BCUT2D eigenvalue weighted by Gasteiger charge is 2.13. The van der Waals surface area contributed by atoms with E-state index in [1.165, 1.54) is 6.20 Å². The molecule has 5 nitrogen and oxygen atoms in total. The van der Waals surface area contributed by atoms with E-state index in [0.29, 0.717) is 11.6 Å². The second kappa shape index (κ2) is 11.2. The van der Waals surface area contributed by atoms with Crippen LogP contribution in [0, 0.1) is 0 Å². The average molecular weight is 366 g/mol. The van der Waals surface area contributed by atoms with Crippen LogP contribution in [0.2, 0.25) is 0 Å². The SMILES string of the molecule is CCOC(=O)/C(F)=C/c1ccc(N[C@@H]2CCCNC2)nc1.Cl.Cl. The van der Waals surface area contributed by atoms with Gasteiger partial charge in [0.05, 0.1) is 6.61 Å². The third-order valence-electron chi connectivity index (χ3n) is 3.20. The third kappa shape index (κ3) is 7.16. The first-order chi connectivity index (χ1) is 10.2. The molecule has 0 bridgehead atoms. The Morgan fingerprint density at radius 3 is 2.87 bits per heavy atom. The highest BCUT2D eigenvalue weighted by Crippen LogP contribution is 2.13. The van der Waals surface area contributed by atoms with Crippen LogP contribution in [0.3, 0.4) is 0 Å². The predicted molar refractivity (Wildman–Crippen MR) is 94.0 cm³/mol. The highest BCUT2D eigenvalue weighted by atomic mass is 35.5. The highest BCUT2D eigenvalue weighted by molar-refractivity contribution is 5.91. The number of rotatable bonds is 5. The van der Waals surface area contributed by atoms with E-state index in [-0.39, 0.29) is 31.4 Å². The lowest BCUT2D eigenvalue weighted by molar-refractivity contribution is -0.140. The van der Waals surface area contributed by atoms with Gasteiger partial charge >= 0.3 is 5.97 Å². The Bertz CT molecular complexity index is 506. The first-order valence-electron chi connectivity index (χ1n) is 7.16. The van der Waals surface area contributed by atoms with Gasteiger partial charge in [-0.25, -0.2) is 9.78 Å². The smallest absolute Gasteiger partial charge is 0.367 e. The van der Waals surface area contributed by atoms with Crippen molar-refractivity contribution >= 4 is 42.7 Å². The van der Waals surface area contributed by atoms with E-state index >= 15 is 0 Å². The molecule has 23 heavy (non-hydrogen) atoms. The lowest BCUT2D eigenvalue weighted by Crippen LogP contribution is -2.38. The number of hydrogen-bond donors (Lipinski definition) is 2. The molecule has 0 aliphatic carbocycles. The zero-order chi connectivity index (χ0) is 15.1. The molecule has 8 heteroatoms. The summed E-state index contributed by atoms with van der Waals surface area (Å²) in [7, 11) is 0. The molecule has 0 unspecified atom stereocenters. The average Bonchev–Trinajstić information content (AvgIpc) is 2.50. The molecule has 2 heterocycles. The van der Waals surface area contributed by atoms with Gasteiger partial charge in [0.1, 0.15) is 5.82 Å². The van der Waals surface area contributed by atoms with Crippen LogP contribution in [-0.2, 0) is 9.53 Å². The van der Waals surface area contributed by atoms with Crippen molar-refractivity contribution in [2.24, 2.45) is 0 Å². The summed E-state index contributed by atoms with van der Waals surface area (Å²) in [5.74, 6) is -1.12. The fourth-order valence-electron chi connectivity index (χ4n) is 2.17. The van der Waals surface area contributed by atoms with Crippen molar-refractivity contribution in [3.63, 3.8) is 0 Å². The quantitative estimate of drug-likeness (QED) is 0.620. The molecular weight excluding hydrogens is 344 g/mol. The molecule has 0 amide bonds. The van der Waals surface area contributed by atoms with E-state index in [0.717, 1.165) is 37.8 Å². The Morgan fingerprint density at radius 2 is 2.30 bits per heavy atom. The van der Waals surface area contributed by atoms with Crippen LogP contribution in [0.25, 0.3) is 6.08 Å². The van der Waals surface area contributed by atoms with Gasteiger partial charge in [0.2, 0.25) is 5.83 Å². The predicted octanol–water partition coefficient (Wildman–Crippen LogP) is 2.96. The van der Waals surface area contributed by atoms with Crippen molar-refractivity contribution in [2.45, 2.75) is 25.8 Å². The van der Waals surface area contributed by atoms with Gasteiger partial charge in [0, 0.05) is 18.8 Å². The Balaban J connectivity index is 0.00000242. The van der Waals surface area contributed by atoms with E-state index in [2.05, 4.69) is 20.4 Å². The lowest BCUT2D eigenvalue weighted by Gasteiger charge is -2.24. The molecule has 1 aromatic heterocycles. The van der Waals surface area contributed by atoms with Gasteiger partial charge in [-0.3, -0.25) is 0 Å². The van der Waals surface area contributed by atoms with Crippen molar-refractivity contribution in [1.82, 2.24) is 10.3 Å². The molecule has 0 spiro atoms. The molecule has 1 aliphatic rings. The molecule has 1 aliphatic heterocycles. The number of nitrogens with one attached hydrogen (secondary N) is 2. The fourth-order valence-corrected chi connectivity index (χ4v) is 2.17. The van der Waals surface area contributed by atoms with Crippen LogP contribution >= 0.6 is 24.8 Å². The molecule has 1 aromatic rings. The second-order valence-electron chi connectivity index (χ2n) is 4.88. The number of carbonyl (C=O) groups is 1. The Kier molecular flexibility index (Phi) is 10.5. The van der Waals surface area contributed by atoms with Crippen LogP contribution in [-0.4, -0.2) is 36.7 Å². The van der Waals surface area contributed by atoms with E-state index < -0.39 is 11.8 Å². The second-order valence-corrected chi connectivity index (χ2v) is 4.88. The molecule has 1 fully saturated rings. The molecular formula is C15H22Cl2FN3O2. The number of piperidine rings is 1. The monoisotopic (exact) mass is 365 g/mol. The number of ether oxygens (including phenoxy) is 1. The molecule has 2 rings (SSSR count). The largest absolute Gasteiger partial charge is 0.461 e. The van der Waals surface area contributed by atoms with Crippen molar-refractivity contribution in [1.29, 1.82) is 0 Å². The van der Waals surface area contributed by atoms with Crippen molar-refractivity contribution in [3.8, 4) is 0 Å². The number of anilines is 1. The van der Waals surface area contributed by atoms with Crippen molar-refractivity contribution in [3.05, 3.63) is 29.7 Å².